The van der Waals surface area contributed by atoms with Crippen molar-refractivity contribution >= 4 is 46.4 Å². The van der Waals surface area contributed by atoms with Crippen LogP contribution in [0.1, 0.15) is 41.5 Å². The van der Waals surface area contributed by atoms with Crippen molar-refractivity contribution in [3.8, 4) is 11.5 Å². The standard InChI is InChI=1S/2C8H11.2C6H4Cl2O.Zr/c2*1-6-4-7(2)8(3)5-6;2*7-4-1-2-6(9)5(8)3-4;/h2*4-5H,1-3H3;2*1-3,9H;/q;;;;+2/p-2. The molecule has 2 aliphatic carbocycles. The molecule has 2 aromatic rings. The van der Waals surface area contributed by atoms with Crippen molar-refractivity contribution in [3.05, 3.63) is 103 Å². The second-order valence-corrected chi connectivity index (χ2v) is 20.6. The molecule has 0 amide bonds. The fraction of sp³-hybridized carbons (Fsp3) is 0.286. The summed E-state index contributed by atoms with van der Waals surface area (Å²) in [6.07, 6.45) is 8.98. The van der Waals surface area contributed by atoms with Gasteiger partial charge in [-0.05, 0) is 0 Å². The van der Waals surface area contributed by atoms with E-state index in [4.69, 9.17) is 52.0 Å². The van der Waals surface area contributed by atoms with Crippen molar-refractivity contribution in [2.24, 2.45) is 0 Å². The molecule has 184 valence electrons. The molecule has 0 radical (unpaired) electrons. The van der Waals surface area contributed by atoms with E-state index in [0.717, 1.165) is 0 Å². The Balaban J connectivity index is 2.06. The van der Waals surface area contributed by atoms with Crippen molar-refractivity contribution in [2.75, 3.05) is 0 Å². The SMILES string of the molecule is CC1=C[C](C)([Zr]([O]c2ccc(Cl)cc2Cl)([O]c2ccc(Cl)cc2Cl)[C]2(C)C=C(C)C=C2C)C(C)=C1. The summed E-state index contributed by atoms with van der Waals surface area (Å²) < 4.78 is 13.5. The molecule has 0 N–H and O–H groups in total. The summed E-state index contributed by atoms with van der Waals surface area (Å²) in [6, 6.07) is 10.6. The Morgan fingerprint density at radius 1 is 0.629 bits per heavy atom. The molecule has 2 aliphatic rings. The van der Waals surface area contributed by atoms with Gasteiger partial charge in [-0.3, -0.25) is 0 Å². The Hall–Kier alpha value is -0.957. The van der Waals surface area contributed by atoms with Gasteiger partial charge in [0, 0.05) is 0 Å². The van der Waals surface area contributed by atoms with Crippen LogP contribution in [0.4, 0.5) is 0 Å². The van der Waals surface area contributed by atoms with Crippen LogP contribution in [0.5, 0.6) is 11.5 Å². The Bertz CT molecular complexity index is 1220. The second kappa shape index (κ2) is 9.73. The van der Waals surface area contributed by atoms with Gasteiger partial charge in [-0.15, -0.1) is 0 Å². The molecule has 0 saturated heterocycles. The third-order valence-electron chi connectivity index (χ3n) is 7.22. The Kier molecular flexibility index (Phi) is 7.53. The number of halogens is 4. The minimum absolute atomic E-state index is 0.442. The van der Waals surface area contributed by atoms with Gasteiger partial charge >= 0.3 is 236 Å². The van der Waals surface area contributed by atoms with Gasteiger partial charge in [-0.25, -0.2) is 0 Å². The molecule has 2 unspecified atom stereocenters. The average Bonchev–Trinajstić information content (AvgIpc) is 3.18. The zero-order chi connectivity index (χ0) is 25.8. The zero-order valence-electron chi connectivity index (χ0n) is 20.6. The average molecular weight is 630 g/mol. The van der Waals surface area contributed by atoms with Crippen LogP contribution >= 0.6 is 46.4 Å². The van der Waals surface area contributed by atoms with Gasteiger partial charge in [0.15, 0.2) is 0 Å². The van der Waals surface area contributed by atoms with E-state index in [1.54, 1.807) is 24.3 Å². The van der Waals surface area contributed by atoms with Gasteiger partial charge in [0.05, 0.1) is 0 Å². The maximum absolute atomic E-state index is 7.22. The van der Waals surface area contributed by atoms with Crippen molar-refractivity contribution in [1.29, 1.82) is 0 Å². The van der Waals surface area contributed by atoms with Crippen LogP contribution < -0.4 is 5.63 Å². The first-order valence-electron chi connectivity index (χ1n) is 11.4. The topological polar surface area (TPSA) is 18.5 Å². The van der Waals surface area contributed by atoms with Crippen LogP contribution in [-0.4, -0.2) is 0 Å². The molecule has 7 heteroatoms. The molecule has 0 aliphatic heterocycles. The Morgan fingerprint density at radius 3 is 1.29 bits per heavy atom. The monoisotopic (exact) mass is 626 g/mol. The third-order valence-corrected chi connectivity index (χ3v) is 20.1. The molecular formula is C28H28Cl4O2Zr. The first-order valence-corrected chi connectivity index (χ1v) is 17.3. The van der Waals surface area contributed by atoms with Gasteiger partial charge in [-0.2, -0.15) is 0 Å². The van der Waals surface area contributed by atoms with Crippen LogP contribution in [0, 0.1) is 0 Å². The minimum atomic E-state index is -4.63. The van der Waals surface area contributed by atoms with Crippen LogP contribution in [0.3, 0.4) is 0 Å². The quantitative estimate of drug-likeness (QED) is 0.317. The summed E-state index contributed by atoms with van der Waals surface area (Å²) in [5.74, 6) is 1.10. The normalized spacial score (nSPS) is 24.1. The third kappa shape index (κ3) is 4.62. The fourth-order valence-corrected chi connectivity index (χ4v) is 18.7. The molecule has 0 spiro atoms. The van der Waals surface area contributed by atoms with Gasteiger partial charge in [0.1, 0.15) is 0 Å². The summed E-state index contributed by atoms with van der Waals surface area (Å²) in [6.45, 7) is 12.9. The molecule has 0 heterocycles. The second-order valence-electron chi connectivity index (χ2n) is 9.81. The zero-order valence-corrected chi connectivity index (χ0v) is 26.1. The molecule has 0 bridgehead atoms. The van der Waals surface area contributed by atoms with Crippen LogP contribution in [0.2, 0.25) is 26.3 Å². The molecular weight excluding hydrogens is 601 g/mol. The van der Waals surface area contributed by atoms with Crippen molar-refractivity contribution in [3.63, 3.8) is 0 Å². The van der Waals surface area contributed by atoms with E-state index in [9.17, 15) is 0 Å². The van der Waals surface area contributed by atoms with E-state index < -0.39 is 27.4 Å². The molecule has 0 aromatic heterocycles. The number of benzene rings is 2. The predicted molar refractivity (Wildman–Crippen MR) is 146 cm³/mol. The summed E-state index contributed by atoms with van der Waals surface area (Å²) in [5.41, 5.74) is 4.72. The summed E-state index contributed by atoms with van der Waals surface area (Å²) >= 11 is 21.2. The summed E-state index contributed by atoms with van der Waals surface area (Å²) in [5, 5.41) is 1.97. The van der Waals surface area contributed by atoms with Crippen LogP contribution in [0.15, 0.2) is 83.0 Å². The molecule has 4 rings (SSSR count). The molecule has 0 fully saturated rings. The number of allylic oxidation sites excluding steroid dienone is 8. The number of hydrogen-bond donors (Lipinski definition) is 0. The Labute approximate surface area is 233 Å². The molecule has 35 heavy (non-hydrogen) atoms. The van der Waals surface area contributed by atoms with Gasteiger partial charge < -0.3 is 0 Å². The maximum atomic E-state index is 7.22. The van der Waals surface area contributed by atoms with E-state index >= 15 is 0 Å². The van der Waals surface area contributed by atoms with E-state index in [1.165, 1.54) is 22.3 Å². The number of hydrogen-bond acceptors (Lipinski definition) is 2. The Morgan fingerprint density at radius 2 is 1.00 bits per heavy atom. The van der Waals surface area contributed by atoms with Crippen molar-refractivity contribution in [1.82, 2.24) is 0 Å². The van der Waals surface area contributed by atoms with Crippen LogP contribution in [0.25, 0.3) is 0 Å². The van der Waals surface area contributed by atoms with E-state index in [0.29, 0.717) is 31.6 Å². The summed E-state index contributed by atoms with van der Waals surface area (Å²) in [4.78, 5) is 0. The molecule has 0 saturated carbocycles. The van der Waals surface area contributed by atoms with E-state index in [1.807, 2.05) is 12.1 Å². The molecule has 2 aromatic carbocycles. The van der Waals surface area contributed by atoms with Gasteiger partial charge in [-0.1, -0.05) is 0 Å². The molecule has 2 atom stereocenters. The fourth-order valence-electron chi connectivity index (χ4n) is 5.32. The summed E-state index contributed by atoms with van der Waals surface area (Å²) in [7, 11) is 0. The number of rotatable bonds is 6. The van der Waals surface area contributed by atoms with Gasteiger partial charge in [0.25, 0.3) is 0 Å². The molecule has 2 nitrogen and oxygen atoms in total. The van der Waals surface area contributed by atoms with Crippen molar-refractivity contribution < 1.29 is 26.8 Å². The van der Waals surface area contributed by atoms with E-state index in [2.05, 4.69) is 65.8 Å². The predicted octanol–water partition coefficient (Wildman–Crippen LogP) is 10.9. The van der Waals surface area contributed by atoms with Crippen LogP contribution in [-0.2, 0) is 21.1 Å². The first-order chi connectivity index (χ1) is 16.3. The van der Waals surface area contributed by atoms with E-state index in [-0.39, 0.29) is 0 Å². The van der Waals surface area contributed by atoms with Gasteiger partial charge in [0.2, 0.25) is 0 Å². The first kappa shape index (κ1) is 27.1. The van der Waals surface area contributed by atoms with Crippen molar-refractivity contribution in [2.45, 2.75) is 47.8 Å².